The second-order valence-corrected chi connectivity index (χ2v) is 4.18. The number of hydrogen-bond acceptors (Lipinski definition) is 4. The van der Waals surface area contributed by atoms with E-state index < -0.39 is 5.97 Å². The first-order valence-electron chi connectivity index (χ1n) is 5.87. The van der Waals surface area contributed by atoms with Gasteiger partial charge in [0.15, 0.2) is 5.58 Å². The van der Waals surface area contributed by atoms with Gasteiger partial charge < -0.3 is 9.15 Å². The third kappa shape index (κ3) is 1.69. The zero-order valence-electron chi connectivity index (χ0n) is 9.66. The van der Waals surface area contributed by atoms with E-state index >= 15 is 0 Å². The summed E-state index contributed by atoms with van der Waals surface area (Å²) >= 11 is 0. The molecule has 0 spiro atoms. The Bertz CT molecular complexity index is 545. The van der Waals surface area contributed by atoms with Crippen LogP contribution in [-0.4, -0.2) is 17.6 Å². The molecule has 88 valence electrons. The number of hydrogen-bond donors (Lipinski definition) is 0. The predicted molar refractivity (Wildman–Crippen MR) is 62.0 cm³/mol. The van der Waals surface area contributed by atoms with Crippen LogP contribution in [0.4, 0.5) is 0 Å². The molecular weight excluding hydrogens is 218 g/mol. The minimum absolute atomic E-state index is 0.0468. The van der Waals surface area contributed by atoms with Gasteiger partial charge in [-0.15, -0.1) is 0 Å². The van der Waals surface area contributed by atoms with Crippen LogP contribution in [0, 0.1) is 0 Å². The van der Waals surface area contributed by atoms with Crippen molar-refractivity contribution in [2.45, 2.75) is 26.2 Å². The number of aromatic nitrogens is 1. The Morgan fingerprint density at radius 2 is 2.18 bits per heavy atom. The lowest BCUT2D eigenvalue weighted by Crippen LogP contribution is -2.04. The van der Waals surface area contributed by atoms with E-state index in [-0.39, 0.29) is 5.89 Å². The van der Waals surface area contributed by atoms with Crippen LogP contribution < -0.4 is 0 Å². The molecule has 17 heavy (non-hydrogen) atoms. The van der Waals surface area contributed by atoms with Crippen molar-refractivity contribution in [1.29, 1.82) is 0 Å². The maximum atomic E-state index is 11.5. The molecule has 1 heterocycles. The molecule has 0 unspecified atom stereocenters. The second kappa shape index (κ2) is 3.87. The summed E-state index contributed by atoms with van der Waals surface area (Å²) in [7, 11) is 0. The van der Waals surface area contributed by atoms with Gasteiger partial charge in [0.25, 0.3) is 0 Å². The Kier molecular flexibility index (Phi) is 2.35. The highest BCUT2D eigenvalue weighted by Gasteiger charge is 2.18. The SMILES string of the molecule is CCOC(=O)c1nc2cc3c(cc2o1)CCC3. The maximum Gasteiger partial charge on any atom is 0.394 e. The monoisotopic (exact) mass is 231 g/mol. The fourth-order valence-corrected chi connectivity index (χ4v) is 2.27. The van der Waals surface area contributed by atoms with E-state index in [2.05, 4.69) is 4.98 Å². The van der Waals surface area contributed by atoms with Crippen LogP contribution in [0.1, 0.15) is 35.2 Å². The smallest absolute Gasteiger partial charge is 0.394 e. The van der Waals surface area contributed by atoms with Crippen LogP contribution in [0.3, 0.4) is 0 Å². The van der Waals surface area contributed by atoms with Gasteiger partial charge in [-0.2, -0.15) is 0 Å². The number of carbonyl (C=O) groups excluding carboxylic acids is 1. The summed E-state index contributed by atoms with van der Waals surface area (Å²) in [6.45, 7) is 2.09. The molecule has 1 aliphatic carbocycles. The molecule has 2 aromatic rings. The van der Waals surface area contributed by atoms with E-state index in [1.165, 1.54) is 17.5 Å². The van der Waals surface area contributed by atoms with Gasteiger partial charge in [-0.3, -0.25) is 0 Å². The van der Waals surface area contributed by atoms with Crippen molar-refractivity contribution in [2.24, 2.45) is 0 Å². The quantitative estimate of drug-likeness (QED) is 0.745. The third-order valence-electron chi connectivity index (χ3n) is 3.05. The molecule has 1 aromatic carbocycles. The Morgan fingerprint density at radius 1 is 1.41 bits per heavy atom. The van der Waals surface area contributed by atoms with E-state index in [0.717, 1.165) is 18.4 Å². The largest absolute Gasteiger partial charge is 0.459 e. The topological polar surface area (TPSA) is 52.3 Å². The highest BCUT2D eigenvalue weighted by atomic mass is 16.5. The van der Waals surface area contributed by atoms with Crippen molar-refractivity contribution in [3.63, 3.8) is 0 Å². The Balaban J connectivity index is 2.05. The molecule has 0 amide bonds. The fraction of sp³-hybridized carbons (Fsp3) is 0.385. The summed E-state index contributed by atoms with van der Waals surface area (Å²) < 4.78 is 10.3. The molecule has 0 saturated heterocycles. The normalized spacial score (nSPS) is 13.9. The minimum atomic E-state index is -0.496. The highest BCUT2D eigenvalue weighted by molar-refractivity contribution is 5.88. The number of ether oxygens (including phenoxy) is 1. The van der Waals surface area contributed by atoms with E-state index in [1.54, 1.807) is 6.92 Å². The minimum Gasteiger partial charge on any atom is -0.459 e. The molecule has 0 bridgehead atoms. The molecule has 0 aliphatic heterocycles. The number of benzene rings is 1. The molecule has 0 radical (unpaired) electrons. The first kappa shape index (κ1) is 10.3. The van der Waals surface area contributed by atoms with Crippen LogP contribution in [0.25, 0.3) is 11.1 Å². The van der Waals surface area contributed by atoms with Gasteiger partial charge in [-0.25, -0.2) is 9.78 Å². The lowest BCUT2D eigenvalue weighted by atomic mass is 10.1. The predicted octanol–water partition coefficient (Wildman–Crippen LogP) is 2.49. The van der Waals surface area contributed by atoms with Crippen molar-refractivity contribution in [3.8, 4) is 0 Å². The van der Waals surface area contributed by atoms with E-state index in [9.17, 15) is 4.79 Å². The van der Waals surface area contributed by atoms with Gasteiger partial charge >= 0.3 is 11.9 Å². The zero-order valence-corrected chi connectivity index (χ0v) is 9.66. The van der Waals surface area contributed by atoms with Crippen molar-refractivity contribution in [1.82, 2.24) is 4.98 Å². The average molecular weight is 231 g/mol. The first-order valence-corrected chi connectivity index (χ1v) is 5.87. The van der Waals surface area contributed by atoms with Gasteiger partial charge in [-0.05, 0) is 49.4 Å². The molecule has 4 nitrogen and oxygen atoms in total. The summed E-state index contributed by atoms with van der Waals surface area (Å²) in [4.78, 5) is 15.7. The Hall–Kier alpha value is -1.84. The van der Waals surface area contributed by atoms with E-state index in [4.69, 9.17) is 9.15 Å². The van der Waals surface area contributed by atoms with Crippen molar-refractivity contribution < 1.29 is 13.9 Å². The van der Waals surface area contributed by atoms with Crippen LogP contribution >= 0.6 is 0 Å². The first-order chi connectivity index (χ1) is 8.28. The van der Waals surface area contributed by atoms with Gasteiger partial charge in [0.05, 0.1) is 6.61 Å². The lowest BCUT2D eigenvalue weighted by molar-refractivity contribution is 0.0483. The molecule has 3 rings (SSSR count). The summed E-state index contributed by atoms with van der Waals surface area (Å²) in [6.07, 6.45) is 3.36. The van der Waals surface area contributed by atoms with Crippen molar-refractivity contribution in [2.75, 3.05) is 6.61 Å². The molecule has 4 heteroatoms. The van der Waals surface area contributed by atoms with Crippen molar-refractivity contribution in [3.05, 3.63) is 29.2 Å². The van der Waals surface area contributed by atoms with Gasteiger partial charge in [0.2, 0.25) is 0 Å². The van der Waals surface area contributed by atoms with E-state index in [0.29, 0.717) is 12.2 Å². The molecule has 1 aliphatic rings. The second-order valence-electron chi connectivity index (χ2n) is 4.18. The lowest BCUT2D eigenvalue weighted by Gasteiger charge is -1.95. The van der Waals surface area contributed by atoms with Crippen molar-refractivity contribution >= 4 is 17.1 Å². The maximum absolute atomic E-state index is 11.5. The highest BCUT2D eigenvalue weighted by Crippen LogP contribution is 2.27. The standard InChI is InChI=1S/C13H13NO3/c1-2-16-13(15)12-14-10-6-8-4-3-5-9(8)7-11(10)17-12/h6-7H,2-5H2,1H3. The van der Waals surface area contributed by atoms with Gasteiger partial charge in [0, 0.05) is 0 Å². The molecule has 1 aromatic heterocycles. The van der Waals surface area contributed by atoms with E-state index in [1.807, 2.05) is 12.1 Å². The zero-order chi connectivity index (χ0) is 11.8. The summed E-state index contributed by atoms with van der Waals surface area (Å²) in [5, 5.41) is 0. The number of esters is 1. The summed E-state index contributed by atoms with van der Waals surface area (Å²) in [5.74, 6) is -0.450. The molecule has 0 N–H and O–H groups in total. The van der Waals surface area contributed by atoms with Crippen LogP contribution in [0.5, 0.6) is 0 Å². The van der Waals surface area contributed by atoms with Gasteiger partial charge in [0.1, 0.15) is 5.52 Å². The Morgan fingerprint density at radius 3 is 2.94 bits per heavy atom. The van der Waals surface area contributed by atoms with Crippen LogP contribution in [0.15, 0.2) is 16.5 Å². The van der Waals surface area contributed by atoms with Gasteiger partial charge in [-0.1, -0.05) is 0 Å². The summed E-state index contributed by atoms with van der Waals surface area (Å²) in [5.41, 5.74) is 4.05. The number of rotatable bonds is 2. The molecule has 0 atom stereocenters. The fourth-order valence-electron chi connectivity index (χ4n) is 2.27. The van der Waals surface area contributed by atoms with Crippen LogP contribution in [0.2, 0.25) is 0 Å². The molecule has 0 saturated carbocycles. The number of fused-ring (bicyclic) bond motifs is 2. The average Bonchev–Trinajstić information content (AvgIpc) is 2.90. The number of nitrogens with zero attached hydrogens (tertiary/aromatic N) is 1. The molecular formula is C13H13NO3. The third-order valence-corrected chi connectivity index (χ3v) is 3.05. The number of aryl methyl sites for hydroxylation is 2. The molecule has 0 fully saturated rings. The Labute approximate surface area is 98.6 Å². The number of carbonyl (C=O) groups is 1. The summed E-state index contributed by atoms with van der Waals surface area (Å²) in [6, 6.07) is 4.01. The number of oxazole rings is 1. The van der Waals surface area contributed by atoms with Crippen LogP contribution in [-0.2, 0) is 17.6 Å².